The molecule has 2 aliphatic heterocycles. The van der Waals surface area contributed by atoms with Gasteiger partial charge in [0, 0.05) is 19.6 Å². The SMILES string of the molecule is CC(OC1C[C@@]2(C)C(=CC1OCCOCCN1CCCC1)CC[C@@H]1[C@H]2CC[C@]2(C)C(c3ccoc3)CC[C@@H]12)N1CCCC1. The first-order valence-corrected chi connectivity index (χ1v) is 18.0. The molecule has 5 fully saturated rings. The summed E-state index contributed by atoms with van der Waals surface area (Å²) in [5.41, 5.74) is 3.71. The zero-order valence-corrected chi connectivity index (χ0v) is 27.3. The van der Waals surface area contributed by atoms with Gasteiger partial charge >= 0.3 is 0 Å². The number of ether oxygens (including phenoxy) is 3. The molecule has 4 aliphatic carbocycles. The molecule has 0 spiro atoms. The Bertz CT molecular complexity index is 1080. The number of hydrogen-bond acceptors (Lipinski definition) is 6. The lowest BCUT2D eigenvalue weighted by atomic mass is 9.46. The standard InChI is InChI=1S/C37H58N2O4/c1-27(39-17-6-7-18-39)43-35-25-37(3)29(24-34(35)42-23-22-40-21-19-38-15-4-5-16-38)8-9-30-32-11-10-31(28-13-20-41-26-28)36(32,2)14-12-33(30)37/h13,20,24,26-27,30-35H,4-12,14-19,21-23,25H2,1-3H3/t27?,30-,31?,32-,33+,34?,35?,36+,37-/m0/s1. The highest BCUT2D eigenvalue weighted by atomic mass is 16.6. The van der Waals surface area contributed by atoms with Crippen molar-refractivity contribution >= 4 is 0 Å². The Hall–Kier alpha value is -1.18. The van der Waals surface area contributed by atoms with E-state index in [9.17, 15) is 0 Å². The average molecular weight is 595 g/mol. The predicted molar refractivity (Wildman–Crippen MR) is 170 cm³/mol. The van der Waals surface area contributed by atoms with E-state index in [1.807, 2.05) is 12.5 Å². The van der Waals surface area contributed by atoms with Gasteiger partial charge in [-0.15, -0.1) is 0 Å². The number of furan rings is 1. The predicted octanol–water partition coefficient (Wildman–Crippen LogP) is 7.26. The molecule has 1 aromatic heterocycles. The van der Waals surface area contributed by atoms with Crippen LogP contribution in [0.5, 0.6) is 0 Å². The summed E-state index contributed by atoms with van der Waals surface area (Å²) in [5.74, 6) is 3.04. The summed E-state index contributed by atoms with van der Waals surface area (Å²) >= 11 is 0. The molecule has 6 aliphatic rings. The van der Waals surface area contributed by atoms with Gasteiger partial charge in [-0.1, -0.05) is 25.5 Å². The topological polar surface area (TPSA) is 47.3 Å². The molecule has 2 saturated heterocycles. The minimum absolute atomic E-state index is 0.0256. The van der Waals surface area contributed by atoms with Crippen molar-refractivity contribution in [3.63, 3.8) is 0 Å². The summed E-state index contributed by atoms with van der Waals surface area (Å²) in [6, 6.07) is 2.23. The summed E-state index contributed by atoms with van der Waals surface area (Å²) in [7, 11) is 0. The summed E-state index contributed by atoms with van der Waals surface area (Å²) < 4.78 is 25.2. The molecule has 9 atom stereocenters. The van der Waals surface area contributed by atoms with Crippen LogP contribution in [0.25, 0.3) is 0 Å². The second-order valence-electron chi connectivity index (χ2n) is 15.5. The third-order valence-electron chi connectivity index (χ3n) is 13.4. The molecule has 0 aromatic carbocycles. The van der Waals surface area contributed by atoms with Crippen molar-refractivity contribution < 1.29 is 18.6 Å². The smallest absolute Gasteiger partial charge is 0.108 e. The molecule has 0 bridgehead atoms. The quantitative estimate of drug-likeness (QED) is 0.199. The number of allylic oxidation sites excluding steroid dienone is 1. The fourth-order valence-electron chi connectivity index (χ4n) is 11.0. The Kier molecular flexibility index (Phi) is 9.15. The van der Waals surface area contributed by atoms with Crippen LogP contribution in [0.2, 0.25) is 0 Å². The Balaban J connectivity index is 1.04. The molecule has 6 nitrogen and oxygen atoms in total. The van der Waals surface area contributed by atoms with Crippen molar-refractivity contribution in [1.29, 1.82) is 0 Å². The first kappa shape index (κ1) is 30.5. The van der Waals surface area contributed by atoms with Gasteiger partial charge in [-0.25, -0.2) is 0 Å². The molecule has 0 N–H and O–H groups in total. The van der Waals surface area contributed by atoms with Crippen LogP contribution < -0.4 is 0 Å². The molecule has 7 rings (SSSR count). The third kappa shape index (κ3) is 5.93. The van der Waals surface area contributed by atoms with Crippen LogP contribution in [0.1, 0.15) is 103 Å². The van der Waals surface area contributed by atoms with Gasteiger partial charge < -0.3 is 23.5 Å². The van der Waals surface area contributed by atoms with E-state index in [0.717, 1.165) is 50.4 Å². The second kappa shape index (κ2) is 12.9. The molecule has 0 radical (unpaired) electrons. The number of likely N-dealkylation sites (tertiary alicyclic amines) is 2. The number of fused-ring (bicyclic) bond motifs is 5. The van der Waals surface area contributed by atoms with E-state index in [0.29, 0.717) is 24.5 Å². The molecule has 240 valence electrons. The van der Waals surface area contributed by atoms with Crippen LogP contribution in [-0.2, 0) is 14.2 Å². The third-order valence-corrected chi connectivity index (χ3v) is 13.4. The maximum absolute atomic E-state index is 7.00. The van der Waals surface area contributed by atoms with Crippen LogP contribution in [0.3, 0.4) is 0 Å². The number of nitrogens with zero attached hydrogens (tertiary/aromatic N) is 2. The Labute approximate surface area is 260 Å². The van der Waals surface area contributed by atoms with Gasteiger partial charge in [0.15, 0.2) is 0 Å². The van der Waals surface area contributed by atoms with Crippen molar-refractivity contribution in [2.75, 3.05) is 52.5 Å². The van der Waals surface area contributed by atoms with Gasteiger partial charge in [-0.3, -0.25) is 4.90 Å². The fraction of sp³-hybridized carbons (Fsp3) is 0.838. The molecule has 1 aromatic rings. The molecular formula is C37H58N2O4. The van der Waals surface area contributed by atoms with Crippen LogP contribution in [0, 0.1) is 28.6 Å². The minimum atomic E-state index is 0.0256. The molecular weight excluding hydrogens is 536 g/mol. The molecule has 6 heteroatoms. The van der Waals surface area contributed by atoms with Gasteiger partial charge in [0.05, 0.1) is 38.5 Å². The number of rotatable bonds is 11. The van der Waals surface area contributed by atoms with E-state index < -0.39 is 0 Å². The largest absolute Gasteiger partial charge is 0.472 e. The van der Waals surface area contributed by atoms with Crippen LogP contribution >= 0.6 is 0 Å². The van der Waals surface area contributed by atoms with Gasteiger partial charge in [-0.2, -0.15) is 0 Å². The van der Waals surface area contributed by atoms with Gasteiger partial charge in [0.1, 0.15) is 12.3 Å². The summed E-state index contributed by atoms with van der Waals surface area (Å²) in [5, 5.41) is 0. The lowest BCUT2D eigenvalue weighted by Gasteiger charge is -2.59. The van der Waals surface area contributed by atoms with E-state index in [4.69, 9.17) is 18.6 Å². The Morgan fingerprint density at radius 3 is 2.56 bits per heavy atom. The highest BCUT2D eigenvalue weighted by Crippen LogP contribution is 2.68. The van der Waals surface area contributed by atoms with E-state index >= 15 is 0 Å². The monoisotopic (exact) mass is 594 g/mol. The van der Waals surface area contributed by atoms with Crippen LogP contribution in [0.15, 0.2) is 34.7 Å². The molecule has 0 amide bonds. The molecule has 43 heavy (non-hydrogen) atoms. The van der Waals surface area contributed by atoms with Crippen molar-refractivity contribution in [2.24, 2.45) is 28.6 Å². The second-order valence-corrected chi connectivity index (χ2v) is 15.5. The van der Waals surface area contributed by atoms with Gasteiger partial charge in [0.2, 0.25) is 0 Å². The van der Waals surface area contributed by atoms with Crippen LogP contribution in [0.4, 0.5) is 0 Å². The van der Waals surface area contributed by atoms with E-state index in [-0.39, 0.29) is 23.9 Å². The first-order valence-electron chi connectivity index (χ1n) is 18.0. The van der Waals surface area contributed by atoms with E-state index in [1.54, 1.807) is 5.57 Å². The molecule has 3 saturated carbocycles. The summed E-state index contributed by atoms with van der Waals surface area (Å²) in [6.45, 7) is 15.5. The zero-order valence-electron chi connectivity index (χ0n) is 27.3. The Morgan fingerprint density at radius 2 is 1.77 bits per heavy atom. The Morgan fingerprint density at radius 1 is 0.953 bits per heavy atom. The lowest BCUT2D eigenvalue weighted by Crippen LogP contribution is -2.54. The van der Waals surface area contributed by atoms with Crippen LogP contribution in [-0.4, -0.2) is 80.8 Å². The van der Waals surface area contributed by atoms with Gasteiger partial charge in [-0.05, 0) is 137 Å². The maximum atomic E-state index is 7.00. The van der Waals surface area contributed by atoms with Crippen molar-refractivity contribution in [2.45, 2.75) is 116 Å². The zero-order chi connectivity index (χ0) is 29.4. The molecule has 4 unspecified atom stereocenters. The first-order chi connectivity index (χ1) is 21.0. The van der Waals surface area contributed by atoms with Gasteiger partial charge in [0.25, 0.3) is 0 Å². The lowest BCUT2D eigenvalue weighted by molar-refractivity contribution is -0.156. The normalized spacial score (nSPS) is 40.7. The highest BCUT2D eigenvalue weighted by molar-refractivity contribution is 5.29. The minimum Gasteiger partial charge on any atom is -0.472 e. The number of hydrogen-bond donors (Lipinski definition) is 0. The summed E-state index contributed by atoms with van der Waals surface area (Å²) in [6.07, 6.45) is 21.0. The highest BCUT2D eigenvalue weighted by Gasteiger charge is 2.60. The van der Waals surface area contributed by atoms with Crippen molar-refractivity contribution in [1.82, 2.24) is 9.80 Å². The van der Waals surface area contributed by atoms with E-state index in [2.05, 4.69) is 42.7 Å². The van der Waals surface area contributed by atoms with Crippen molar-refractivity contribution in [3.05, 3.63) is 35.8 Å². The molecule has 3 heterocycles. The maximum Gasteiger partial charge on any atom is 0.108 e. The van der Waals surface area contributed by atoms with Crippen molar-refractivity contribution in [3.8, 4) is 0 Å². The van der Waals surface area contributed by atoms with E-state index in [1.165, 1.54) is 82.9 Å². The average Bonchev–Trinajstić information content (AvgIpc) is 3.82. The summed E-state index contributed by atoms with van der Waals surface area (Å²) in [4.78, 5) is 5.05. The fourth-order valence-corrected chi connectivity index (χ4v) is 11.0.